The molecule has 1 N–H and O–H groups in total. The Labute approximate surface area is 139 Å². The van der Waals surface area contributed by atoms with Crippen LogP contribution in [-0.2, 0) is 5.60 Å². The van der Waals surface area contributed by atoms with Crippen molar-refractivity contribution in [3.05, 3.63) is 39.9 Å². The maximum atomic E-state index is 10.9. The molecule has 0 amide bonds. The SMILES string of the molecule is CC(C)c1nnc(N2CCC(O)(c3ccc(Cl)cc3)CC2)s1. The molecule has 118 valence electrons. The quantitative estimate of drug-likeness (QED) is 0.925. The largest absolute Gasteiger partial charge is 0.385 e. The summed E-state index contributed by atoms with van der Waals surface area (Å²) in [5, 5.41) is 22.1. The molecule has 0 bridgehead atoms. The van der Waals surface area contributed by atoms with E-state index in [0.717, 1.165) is 28.8 Å². The average molecular weight is 338 g/mol. The van der Waals surface area contributed by atoms with E-state index in [1.807, 2.05) is 24.3 Å². The molecule has 0 unspecified atom stereocenters. The van der Waals surface area contributed by atoms with E-state index >= 15 is 0 Å². The number of halogens is 1. The van der Waals surface area contributed by atoms with E-state index in [-0.39, 0.29) is 0 Å². The smallest absolute Gasteiger partial charge is 0.208 e. The number of nitrogens with zero attached hydrogens (tertiary/aromatic N) is 3. The van der Waals surface area contributed by atoms with Crippen LogP contribution in [0, 0.1) is 0 Å². The number of anilines is 1. The predicted octanol–water partition coefficient (Wildman–Crippen LogP) is 3.80. The highest BCUT2D eigenvalue weighted by atomic mass is 35.5. The number of piperidine rings is 1. The topological polar surface area (TPSA) is 49.2 Å². The molecule has 0 saturated carbocycles. The number of aliphatic hydroxyl groups is 1. The lowest BCUT2D eigenvalue weighted by atomic mass is 9.84. The van der Waals surface area contributed by atoms with Gasteiger partial charge in [0.2, 0.25) is 5.13 Å². The molecule has 4 nitrogen and oxygen atoms in total. The minimum Gasteiger partial charge on any atom is -0.385 e. The van der Waals surface area contributed by atoms with Gasteiger partial charge in [0, 0.05) is 24.0 Å². The maximum absolute atomic E-state index is 10.9. The third-order valence-electron chi connectivity index (χ3n) is 4.17. The summed E-state index contributed by atoms with van der Waals surface area (Å²) < 4.78 is 0. The number of aromatic nitrogens is 2. The molecule has 0 spiro atoms. The van der Waals surface area contributed by atoms with E-state index in [0.29, 0.717) is 23.8 Å². The third kappa shape index (κ3) is 3.12. The highest BCUT2D eigenvalue weighted by Crippen LogP contribution is 2.36. The minimum atomic E-state index is -0.771. The number of hydrogen-bond donors (Lipinski definition) is 1. The van der Waals surface area contributed by atoms with Crippen molar-refractivity contribution in [3.8, 4) is 0 Å². The summed E-state index contributed by atoms with van der Waals surface area (Å²) in [5.74, 6) is 0.405. The number of rotatable bonds is 3. The van der Waals surface area contributed by atoms with Crippen molar-refractivity contribution in [1.29, 1.82) is 0 Å². The number of benzene rings is 1. The molecular weight excluding hydrogens is 318 g/mol. The first-order valence-electron chi connectivity index (χ1n) is 7.55. The molecule has 3 rings (SSSR count). The first-order chi connectivity index (χ1) is 10.5. The van der Waals surface area contributed by atoms with Gasteiger partial charge in [0.05, 0.1) is 5.60 Å². The van der Waals surface area contributed by atoms with E-state index in [4.69, 9.17) is 11.6 Å². The zero-order valence-corrected chi connectivity index (χ0v) is 14.4. The van der Waals surface area contributed by atoms with Crippen LogP contribution >= 0.6 is 22.9 Å². The van der Waals surface area contributed by atoms with Gasteiger partial charge in [-0.05, 0) is 30.5 Å². The van der Waals surface area contributed by atoms with Gasteiger partial charge in [0.25, 0.3) is 0 Å². The van der Waals surface area contributed by atoms with E-state index in [9.17, 15) is 5.11 Å². The molecule has 1 fully saturated rings. The van der Waals surface area contributed by atoms with Crippen molar-refractivity contribution < 1.29 is 5.11 Å². The first-order valence-corrected chi connectivity index (χ1v) is 8.74. The van der Waals surface area contributed by atoms with E-state index in [1.165, 1.54) is 0 Å². The Morgan fingerprint density at radius 1 is 1.18 bits per heavy atom. The van der Waals surface area contributed by atoms with Crippen LogP contribution in [-0.4, -0.2) is 28.4 Å². The van der Waals surface area contributed by atoms with Gasteiger partial charge in [-0.3, -0.25) is 0 Å². The fraction of sp³-hybridized carbons (Fsp3) is 0.500. The number of hydrogen-bond acceptors (Lipinski definition) is 5. The van der Waals surface area contributed by atoms with Crippen molar-refractivity contribution >= 4 is 28.1 Å². The summed E-state index contributed by atoms with van der Waals surface area (Å²) >= 11 is 7.57. The molecule has 1 aromatic carbocycles. The predicted molar refractivity (Wildman–Crippen MR) is 90.8 cm³/mol. The van der Waals surface area contributed by atoms with Gasteiger partial charge < -0.3 is 10.0 Å². The molecule has 0 aliphatic carbocycles. The van der Waals surface area contributed by atoms with Crippen LogP contribution in [0.1, 0.15) is 43.2 Å². The monoisotopic (exact) mass is 337 g/mol. The molecule has 6 heteroatoms. The zero-order valence-electron chi connectivity index (χ0n) is 12.8. The summed E-state index contributed by atoms with van der Waals surface area (Å²) in [6.07, 6.45) is 1.37. The minimum absolute atomic E-state index is 0.405. The lowest BCUT2D eigenvalue weighted by Gasteiger charge is -2.38. The van der Waals surface area contributed by atoms with Gasteiger partial charge in [-0.2, -0.15) is 0 Å². The summed E-state index contributed by atoms with van der Waals surface area (Å²) in [6, 6.07) is 7.50. The molecule has 1 saturated heterocycles. The third-order valence-corrected chi connectivity index (χ3v) is 5.70. The summed E-state index contributed by atoms with van der Waals surface area (Å²) in [7, 11) is 0. The van der Waals surface area contributed by atoms with E-state index < -0.39 is 5.60 Å². The van der Waals surface area contributed by atoms with Crippen molar-refractivity contribution in [2.45, 2.75) is 38.2 Å². The van der Waals surface area contributed by atoms with Crippen LogP contribution < -0.4 is 4.90 Å². The van der Waals surface area contributed by atoms with Gasteiger partial charge in [-0.25, -0.2) is 0 Å². The van der Waals surface area contributed by atoms with Crippen LogP contribution in [0.15, 0.2) is 24.3 Å². The van der Waals surface area contributed by atoms with Crippen LogP contribution in [0.5, 0.6) is 0 Å². The summed E-state index contributed by atoms with van der Waals surface area (Å²) in [4.78, 5) is 2.22. The molecule has 2 heterocycles. The lowest BCUT2D eigenvalue weighted by molar-refractivity contribution is 0.0117. The molecule has 1 aromatic heterocycles. The molecular formula is C16H20ClN3OS. The molecule has 22 heavy (non-hydrogen) atoms. The molecule has 0 atom stereocenters. The van der Waals surface area contributed by atoms with Crippen molar-refractivity contribution in [3.63, 3.8) is 0 Å². The second kappa shape index (κ2) is 6.14. The van der Waals surface area contributed by atoms with Crippen molar-refractivity contribution in [2.24, 2.45) is 0 Å². The standard InChI is InChI=1S/C16H20ClN3OS/c1-11(2)14-18-19-15(22-14)20-9-7-16(21,8-10-20)12-3-5-13(17)6-4-12/h3-6,11,21H,7-10H2,1-2H3. The summed E-state index contributed by atoms with van der Waals surface area (Å²) in [5.41, 5.74) is 0.170. The summed E-state index contributed by atoms with van der Waals surface area (Å²) in [6.45, 7) is 5.82. The van der Waals surface area contributed by atoms with Gasteiger partial charge in [0.15, 0.2) is 0 Å². The molecule has 1 aliphatic rings. The normalized spacial score (nSPS) is 18.0. The zero-order chi connectivity index (χ0) is 15.7. The first kappa shape index (κ1) is 15.7. The Morgan fingerprint density at radius 2 is 1.82 bits per heavy atom. The van der Waals surface area contributed by atoms with E-state index in [1.54, 1.807) is 11.3 Å². The second-order valence-electron chi connectivity index (χ2n) is 6.10. The fourth-order valence-electron chi connectivity index (χ4n) is 2.70. The highest BCUT2D eigenvalue weighted by molar-refractivity contribution is 7.15. The van der Waals surface area contributed by atoms with Gasteiger partial charge >= 0.3 is 0 Å². The Hall–Kier alpha value is -1.17. The Bertz CT molecular complexity index is 633. The molecule has 0 radical (unpaired) electrons. The lowest BCUT2D eigenvalue weighted by Crippen LogP contribution is -2.42. The van der Waals surface area contributed by atoms with E-state index in [2.05, 4.69) is 28.9 Å². The van der Waals surface area contributed by atoms with Crippen molar-refractivity contribution in [1.82, 2.24) is 10.2 Å². The van der Waals surface area contributed by atoms with Crippen LogP contribution in [0.3, 0.4) is 0 Å². The Kier molecular flexibility index (Phi) is 4.39. The average Bonchev–Trinajstić information content (AvgIpc) is 2.98. The van der Waals surface area contributed by atoms with Gasteiger partial charge in [0.1, 0.15) is 5.01 Å². The Balaban J connectivity index is 1.70. The van der Waals surface area contributed by atoms with Crippen LogP contribution in [0.4, 0.5) is 5.13 Å². The van der Waals surface area contributed by atoms with Crippen LogP contribution in [0.2, 0.25) is 5.02 Å². The molecule has 2 aromatic rings. The highest BCUT2D eigenvalue weighted by Gasteiger charge is 2.34. The van der Waals surface area contributed by atoms with Gasteiger partial charge in [-0.1, -0.05) is 48.9 Å². The van der Waals surface area contributed by atoms with Crippen LogP contribution in [0.25, 0.3) is 0 Å². The fourth-order valence-corrected chi connectivity index (χ4v) is 3.73. The van der Waals surface area contributed by atoms with Gasteiger partial charge in [-0.15, -0.1) is 10.2 Å². The van der Waals surface area contributed by atoms with Crippen molar-refractivity contribution in [2.75, 3.05) is 18.0 Å². The second-order valence-corrected chi connectivity index (χ2v) is 7.53. The Morgan fingerprint density at radius 3 is 2.36 bits per heavy atom. The maximum Gasteiger partial charge on any atom is 0.208 e. The molecule has 1 aliphatic heterocycles.